The van der Waals surface area contributed by atoms with Crippen molar-refractivity contribution in [3.8, 4) is 0 Å². The van der Waals surface area contributed by atoms with E-state index in [4.69, 9.17) is 0 Å². The van der Waals surface area contributed by atoms with E-state index in [1.165, 1.54) is 0 Å². The summed E-state index contributed by atoms with van der Waals surface area (Å²) in [7, 11) is 0. The third-order valence-corrected chi connectivity index (χ3v) is 8.86. The zero-order valence-corrected chi connectivity index (χ0v) is 31.2. The number of aliphatic hydroxyl groups excluding tert-OH is 1. The van der Waals surface area contributed by atoms with E-state index in [9.17, 15) is 24.3 Å². The number of aromatic nitrogens is 2. The fourth-order valence-electron chi connectivity index (χ4n) is 5.88. The molecule has 2 heterocycles. The van der Waals surface area contributed by atoms with Gasteiger partial charge >= 0.3 is 12.1 Å². The summed E-state index contributed by atoms with van der Waals surface area (Å²) < 4.78 is 0. The van der Waals surface area contributed by atoms with E-state index >= 15 is 0 Å². The number of benzene rings is 2. The highest BCUT2D eigenvalue weighted by atomic mass is 16.3. The number of amides is 6. The molecule has 54 heavy (non-hydrogen) atoms. The summed E-state index contributed by atoms with van der Waals surface area (Å²) in [5, 5.41) is 29.2. The number of urea groups is 2. The molecule has 2 aromatic heterocycles. The van der Waals surface area contributed by atoms with Gasteiger partial charge in [-0.25, -0.2) is 9.59 Å². The summed E-state index contributed by atoms with van der Waals surface area (Å²) in [6.07, 6.45) is 2.43. The fraction of sp³-hybridized carbons (Fsp3) is 0.366. The van der Waals surface area contributed by atoms with Crippen molar-refractivity contribution in [2.45, 2.75) is 83.9 Å². The Bertz CT molecular complexity index is 1620. The molecule has 0 saturated heterocycles. The molecule has 0 bridgehead atoms. The maximum atomic E-state index is 14.0. The Labute approximate surface area is 317 Å². The fourth-order valence-corrected chi connectivity index (χ4v) is 5.88. The van der Waals surface area contributed by atoms with Crippen LogP contribution in [0, 0.1) is 11.8 Å². The summed E-state index contributed by atoms with van der Waals surface area (Å²) in [5.41, 5.74) is 3.02. The van der Waals surface area contributed by atoms with Crippen LogP contribution in [0.5, 0.6) is 0 Å². The van der Waals surface area contributed by atoms with E-state index in [-0.39, 0.29) is 37.8 Å². The smallest absolute Gasteiger partial charge is 0.315 e. The lowest BCUT2D eigenvalue weighted by Crippen LogP contribution is -2.62. The highest BCUT2D eigenvalue weighted by Gasteiger charge is 2.35. The van der Waals surface area contributed by atoms with Crippen molar-refractivity contribution in [3.05, 3.63) is 132 Å². The first-order valence-electron chi connectivity index (χ1n) is 18.2. The first-order chi connectivity index (χ1) is 26.0. The molecular weight excluding hydrogens is 685 g/mol. The van der Waals surface area contributed by atoms with Gasteiger partial charge in [-0.3, -0.25) is 19.6 Å². The van der Waals surface area contributed by atoms with Gasteiger partial charge in [0.1, 0.15) is 12.1 Å². The van der Waals surface area contributed by atoms with Crippen LogP contribution in [0.15, 0.2) is 109 Å². The van der Waals surface area contributed by atoms with E-state index in [0.717, 1.165) is 11.1 Å². The van der Waals surface area contributed by atoms with Gasteiger partial charge in [0, 0.05) is 12.4 Å². The number of hydrogen-bond donors (Lipinski definition) is 7. The van der Waals surface area contributed by atoms with E-state index in [0.29, 0.717) is 11.4 Å². The topological polar surface area (TPSA) is 186 Å². The van der Waals surface area contributed by atoms with Crippen LogP contribution < -0.4 is 31.9 Å². The number of carbonyl (C=O) groups excluding carboxylic acids is 4. The van der Waals surface area contributed by atoms with Crippen molar-refractivity contribution in [1.29, 1.82) is 0 Å². The molecule has 4 aromatic rings. The number of rotatable bonds is 18. The van der Waals surface area contributed by atoms with Gasteiger partial charge in [0.2, 0.25) is 11.8 Å². The molecule has 0 fully saturated rings. The zero-order chi connectivity index (χ0) is 38.9. The lowest BCUT2D eigenvalue weighted by atomic mass is 9.91. The Kier molecular flexibility index (Phi) is 15.9. The number of nitrogens with zero attached hydrogens (tertiary/aromatic N) is 2. The molecule has 0 aliphatic rings. The molecule has 286 valence electrons. The maximum absolute atomic E-state index is 14.0. The molecule has 0 aliphatic heterocycles. The summed E-state index contributed by atoms with van der Waals surface area (Å²) in [4.78, 5) is 62.2. The second-order valence-electron chi connectivity index (χ2n) is 13.8. The Morgan fingerprint density at radius 1 is 0.537 bits per heavy atom. The molecule has 4 atom stereocenters. The number of aliphatic hydroxyl groups is 1. The van der Waals surface area contributed by atoms with Crippen LogP contribution >= 0.6 is 0 Å². The molecule has 13 nitrogen and oxygen atoms in total. The Morgan fingerprint density at radius 2 is 0.907 bits per heavy atom. The Morgan fingerprint density at radius 3 is 1.24 bits per heavy atom. The second kappa shape index (κ2) is 21.0. The van der Waals surface area contributed by atoms with Crippen LogP contribution in [-0.2, 0) is 35.5 Å². The average molecular weight is 737 g/mol. The number of carbonyl (C=O) groups is 4. The Hall–Kier alpha value is -5.82. The molecule has 13 heteroatoms. The first-order valence-corrected chi connectivity index (χ1v) is 18.2. The van der Waals surface area contributed by atoms with Gasteiger partial charge in [-0.1, -0.05) is 100 Å². The molecule has 0 radical (unpaired) electrons. The van der Waals surface area contributed by atoms with Crippen LogP contribution in [-0.4, -0.2) is 69.2 Å². The minimum absolute atomic E-state index is 0.174. The van der Waals surface area contributed by atoms with Crippen molar-refractivity contribution < 1.29 is 24.3 Å². The third kappa shape index (κ3) is 13.3. The molecule has 0 spiro atoms. The molecule has 2 unspecified atom stereocenters. The lowest BCUT2D eigenvalue weighted by Gasteiger charge is -2.34. The van der Waals surface area contributed by atoms with E-state index in [2.05, 4.69) is 41.9 Å². The van der Waals surface area contributed by atoms with Crippen LogP contribution in [0.2, 0.25) is 0 Å². The maximum Gasteiger partial charge on any atom is 0.315 e. The highest BCUT2D eigenvalue weighted by Crippen LogP contribution is 2.16. The van der Waals surface area contributed by atoms with Crippen LogP contribution in [0.25, 0.3) is 0 Å². The third-order valence-electron chi connectivity index (χ3n) is 8.86. The lowest BCUT2D eigenvalue weighted by molar-refractivity contribution is -0.126. The summed E-state index contributed by atoms with van der Waals surface area (Å²) in [6, 6.07) is 24.8. The molecular formula is C41H52N8O5. The molecule has 7 N–H and O–H groups in total. The summed E-state index contributed by atoms with van der Waals surface area (Å²) in [5.74, 6) is -1.59. The normalized spacial score (nSPS) is 13.8. The van der Waals surface area contributed by atoms with Gasteiger partial charge < -0.3 is 37.0 Å². The van der Waals surface area contributed by atoms with Crippen molar-refractivity contribution >= 4 is 23.9 Å². The quantitative estimate of drug-likeness (QED) is 0.0813. The minimum atomic E-state index is -1.30. The second-order valence-corrected chi connectivity index (χ2v) is 13.8. The minimum Gasteiger partial charge on any atom is -0.389 e. The number of nitrogens with one attached hydrogen (secondary N) is 6. The number of pyridine rings is 2. The molecule has 0 saturated carbocycles. The van der Waals surface area contributed by atoms with Crippen molar-refractivity contribution in [3.63, 3.8) is 0 Å². The zero-order valence-electron chi connectivity index (χ0n) is 31.2. The van der Waals surface area contributed by atoms with Crippen molar-refractivity contribution in [1.82, 2.24) is 41.9 Å². The molecule has 0 aliphatic carbocycles. The van der Waals surface area contributed by atoms with E-state index < -0.39 is 54.1 Å². The van der Waals surface area contributed by atoms with Crippen LogP contribution in [0.4, 0.5) is 9.59 Å². The first kappa shape index (κ1) is 40.9. The monoisotopic (exact) mass is 736 g/mol. The van der Waals surface area contributed by atoms with Crippen molar-refractivity contribution in [2.24, 2.45) is 11.8 Å². The average Bonchev–Trinajstić information content (AvgIpc) is 3.17. The number of hydrogen-bond acceptors (Lipinski definition) is 7. The van der Waals surface area contributed by atoms with E-state index in [1.807, 2.05) is 100 Å². The van der Waals surface area contributed by atoms with E-state index in [1.54, 1.807) is 36.7 Å². The predicted octanol–water partition coefficient (Wildman–Crippen LogP) is 3.64. The van der Waals surface area contributed by atoms with Crippen LogP contribution in [0.3, 0.4) is 0 Å². The largest absolute Gasteiger partial charge is 0.389 e. The molecule has 4 rings (SSSR count). The van der Waals surface area contributed by atoms with Crippen LogP contribution in [0.1, 0.15) is 50.2 Å². The van der Waals surface area contributed by atoms with Gasteiger partial charge in [0.05, 0.1) is 42.7 Å². The molecule has 6 amide bonds. The summed E-state index contributed by atoms with van der Waals surface area (Å²) in [6.45, 7) is 7.61. The highest BCUT2D eigenvalue weighted by molar-refractivity contribution is 5.88. The Balaban J connectivity index is 1.54. The summed E-state index contributed by atoms with van der Waals surface area (Å²) >= 11 is 0. The standard InChI is InChI=1S/C41H52N8O5/c1-27(2)35(48-40(53)44-25-31-19-11-13-21-42-31)38(51)46-33(23-29-15-7-5-8-16-29)37(50)34(24-30-17-9-6-10-18-30)47-39(52)36(28(3)4)49-41(54)45-26-32-20-12-14-22-43-32/h5-22,27-28,33-37,50H,23-26H2,1-4H3,(H,46,51)(H,47,52)(H2,44,48,53)(H2,45,49,54)/t33?,34?,35-,36-,37?/m0/s1. The SMILES string of the molecule is CC(C)[C@H](NC(=O)NCc1ccccn1)C(=O)NC(Cc1ccccc1)C(O)C(Cc1ccccc1)NC(=O)[C@@H](NC(=O)NCc1ccccn1)C(C)C. The van der Waals surface area contributed by atoms with Gasteiger partial charge in [0.15, 0.2) is 0 Å². The van der Waals surface area contributed by atoms with Gasteiger partial charge in [-0.2, -0.15) is 0 Å². The van der Waals surface area contributed by atoms with Gasteiger partial charge in [0.25, 0.3) is 0 Å². The molecule has 2 aromatic carbocycles. The van der Waals surface area contributed by atoms with Gasteiger partial charge in [-0.15, -0.1) is 0 Å². The predicted molar refractivity (Wildman–Crippen MR) is 207 cm³/mol. The van der Waals surface area contributed by atoms with Crippen molar-refractivity contribution in [2.75, 3.05) is 0 Å². The van der Waals surface area contributed by atoms with Gasteiger partial charge in [-0.05, 0) is 60.1 Å².